The van der Waals surface area contributed by atoms with Gasteiger partial charge in [-0.15, -0.1) is 0 Å². The number of nitrogens with one attached hydrogen (secondary N) is 1. The van der Waals surface area contributed by atoms with Crippen LogP contribution in [-0.2, 0) is 6.18 Å². The summed E-state index contributed by atoms with van der Waals surface area (Å²) in [7, 11) is 0. The normalized spacial score (nSPS) is 11.8. The molecule has 1 amide bonds. The first kappa shape index (κ1) is 17.2. The molecule has 0 aliphatic heterocycles. The lowest BCUT2D eigenvalue weighted by molar-refractivity contribution is -0.137. The zero-order valence-electron chi connectivity index (χ0n) is 12.7. The second kappa shape index (κ2) is 6.03. The molecule has 0 radical (unpaired) electrons. The fourth-order valence-corrected chi connectivity index (χ4v) is 2.65. The van der Waals surface area contributed by atoms with E-state index in [1.165, 1.54) is 22.6 Å². The van der Waals surface area contributed by atoms with E-state index < -0.39 is 28.5 Å². The number of rotatable bonds is 2. The molecule has 0 unspecified atom stereocenters. The third-order valence-electron chi connectivity index (χ3n) is 3.50. The molecule has 0 saturated carbocycles. The van der Waals surface area contributed by atoms with Crippen LogP contribution in [0.4, 0.5) is 23.2 Å². The smallest absolute Gasteiger partial charge is 0.321 e. The van der Waals surface area contributed by atoms with Gasteiger partial charge in [0.2, 0.25) is 0 Å². The lowest BCUT2D eigenvalue weighted by Crippen LogP contribution is -2.16. The Morgan fingerprint density at radius 2 is 1.96 bits per heavy atom. The molecular weight excluding hydrogens is 362 g/mol. The van der Waals surface area contributed by atoms with Crippen molar-refractivity contribution >= 4 is 28.8 Å². The van der Waals surface area contributed by atoms with Gasteiger partial charge in [-0.1, -0.05) is 11.6 Å². The van der Waals surface area contributed by atoms with Crippen molar-refractivity contribution in [1.82, 2.24) is 9.38 Å². The zero-order valence-corrected chi connectivity index (χ0v) is 13.4. The highest BCUT2D eigenvalue weighted by atomic mass is 35.5. The van der Waals surface area contributed by atoms with Crippen LogP contribution < -0.4 is 5.32 Å². The van der Waals surface area contributed by atoms with Crippen molar-refractivity contribution in [2.45, 2.75) is 13.1 Å². The van der Waals surface area contributed by atoms with Crippen LogP contribution in [0, 0.1) is 12.7 Å². The number of pyridine rings is 1. The van der Waals surface area contributed by atoms with Gasteiger partial charge in [-0.25, -0.2) is 9.37 Å². The topological polar surface area (TPSA) is 46.4 Å². The Labute approximate surface area is 144 Å². The number of carbonyl (C=O) groups is 1. The number of benzene rings is 1. The van der Waals surface area contributed by atoms with Crippen molar-refractivity contribution in [2.75, 3.05) is 5.32 Å². The Morgan fingerprint density at radius 3 is 2.64 bits per heavy atom. The molecular formula is C16H10ClF4N3O. The van der Waals surface area contributed by atoms with E-state index in [-0.39, 0.29) is 11.4 Å². The van der Waals surface area contributed by atoms with Crippen LogP contribution in [0.5, 0.6) is 0 Å². The monoisotopic (exact) mass is 371 g/mol. The van der Waals surface area contributed by atoms with Gasteiger partial charge in [0.25, 0.3) is 5.91 Å². The first-order valence-corrected chi connectivity index (χ1v) is 7.37. The second-order valence-corrected chi connectivity index (χ2v) is 5.68. The van der Waals surface area contributed by atoms with Crippen LogP contribution in [0.3, 0.4) is 0 Å². The van der Waals surface area contributed by atoms with E-state index in [0.29, 0.717) is 11.3 Å². The van der Waals surface area contributed by atoms with Gasteiger partial charge < -0.3 is 5.32 Å². The average molecular weight is 372 g/mol. The number of amides is 1. The number of halogens is 5. The van der Waals surface area contributed by atoms with E-state index in [1.54, 1.807) is 6.92 Å². The van der Waals surface area contributed by atoms with Crippen molar-refractivity contribution < 1.29 is 22.4 Å². The molecule has 1 N–H and O–H groups in total. The summed E-state index contributed by atoms with van der Waals surface area (Å²) in [6.07, 6.45) is -3.58. The zero-order chi connectivity index (χ0) is 18.4. The standard InChI is InChI=1S/C16H10ClF4N3O/c1-8-14(24-7-9(18)2-5-13(24)22-8)15(25)23-10-3-4-12(17)11(6-10)16(19,20)21/h2-7H,1H3,(H,23,25). The third-order valence-corrected chi connectivity index (χ3v) is 3.83. The van der Waals surface area contributed by atoms with Gasteiger partial charge in [0.05, 0.1) is 16.3 Å². The highest BCUT2D eigenvalue weighted by molar-refractivity contribution is 6.31. The molecule has 0 fully saturated rings. The Balaban J connectivity index is 1.99. The molecule has 9 heteroatoms. The number of aromatic nitrogens is 2. The van der Waals surface area contributed by atoms with Crippen LogP contribution in [0.25, 0.3) is 5.65 Å². The lowest BCUT2D eigenvalue weighted by Gasteiger charge is -2.12. The summed E-state index contributed by atoms with van der Waals surface area (Å²) in [6.45, 7) is 1.54. The Hall–Kier alpha value is -2.61. The SMILES string of the molecule is Cc1nc2ccc(F)cn2c1C(=O)Nc1ccc(Cl)c(C(F)(F)F)c1. The summed E-state index contributed by atoms with van der Waals surface area (Å²) in [5, 5.41) is 1.88. The van der Waals surface area contributed by atoms with E-state index in [4.69, 9.17) is 11.6 Å². The fraction of sp³-hybridized carbons (Fsp3) is 0.125. The van der Waals surface area contributed by atoms with Gasteiger partial charge in [-0.05, 0) is 37.3 Å². The Morgan fingerprint density at radius 1 is 1.24 bits per heavy atom. The summed E-state index contributed by atoms with van der Waals surface area (Å²) in [6, 6.07) is 5.61. The number of alkyl halides is 3. The van der Waals surface area contributed by atoms with Gasteiger partial charge in [-0.2, -0.15) is 13.2 Å². The number of fused-ring (bicyclic) bond motifs is 1. The Kier molecular flexibility index (Phi) is 4.16. The number of nitrogens with zero attached hydrogens (tertiary/aromatic N) is 2. The molecule has 3 aromatic rings. The van der Waals surface area contributed by atoms with E-state index in [2.05, 4.69) is 10.3 Å². The minimum atomic E-state index is -4.65. The predicted octanol–water partition coefficient (Wildman–Crippen LogP) is 4.71. The fourth-order valence-electron chi connectivity index (χ4n) is 2.42. The number of imidazole rings is 1. The number of carbonyl (C=O) groups excluding carboxylic acids is 1. The molecule has 0 atom stereocenters. The second-order valence-electron chi connectivity index (χ2n) is 5.27. The molecule has 25 heavy (non-hydrogen) atoms. The summed E-state index contributed by atoms with van der Waals surface area (Å²) in [5.74, 6) is -1.30. The molecule has 2 heterocycles. The van der Waals surface area contributed by atoms with Crippen molar-refractivity contribution in [3.63, 3.8) is 0 Å². The molecule has 0 aliphatic carbocycles. The number of aryl methyl sites for hydroxylation is 1. The Bertz CT molecular complexity index is 981. The molecule has 0 bridgehead atoms. The number of anilines is 1. The average Bonchev–Trinajstić information content (AvgIpc) is 2.83. The highest BCUT2D eigenvalue weighted by Gasteiger charge is 2.33. The van der Waals surface area contributed by atoms with Crippen molar-refractivity contribution in [3.05, 3.63) is 64.3 Å². The van der Waals surface area contributed by atoms with Crippen LogP contribution in [-0.4, -0.2) is 15.3 Å². The van der Waals surface area contributed by atoms with Gasteiger partial charge in [-0.3, -0.25) is 9.20 Å². The maximum Gasteiger partial charge on any atom is 0.417 e. The molecule has 4 nitrogen and oxygen atoms in total. The van der Waals surface area contributed by atoms with Crippen LogP contribution in [0.2, 0.25) is 5.02 Å². The van der Waals surface area contributed by atoms with Gasteiger partial charge in [0, 0.05) is 11.9 Å². The summed E-state index contributed by atoms with van der Waals surface area (Å²) >= 11 is 5.55. The third kappa shape index (κ3) is 3.30. The van der Waals surface area contributed by atoms with E-state index in [1.807, 2.05) is 0 Å². The van der Waals surface area contributed by atoms with E-state index in [9.17, 15) is 22.4 Å². The first-order valence-electron chi connectivity index (χ1n) is 6.99. The molecule has 1 aromatic carbocycles. The highest BCUT2D eigenvalue weighted by Crippen LogP contribution is 2.36. The van der Waals surface area contributed by atoms with Gasteiger partial charge in [0.15, 0.2) is 0 Å². The maximum absolute atomic E-state index is 13.4. The van der Waals surface area contributed by atoms with Gasteiger partial charge >= 0.3 is 6.18 Å². The maximum atomic E-state index is 13.4. The number of hydrogen-bond donors (Lipinski definition) is 1. The minimum absolute atomic E-state index is 0.0259. The molecule has 2 aromatic heterocycles. The predicted molar refractivity (Wildman–Crippen MR) is 84.3 cm³/mol. The lowest BCUT2D eigenvalue weighted by atomic mass is 10.2. The summed E-state index contributed by atoms with van der Waals surface area (Å²) < 4.78 is 53.4. The van der Waals surface area contributed by atoms with Crippen LogP contribution in [0.1, 0.15) is 21.7 Å². The van der Waals surface area contributed by atoms with Crippen LogP contribution in [0.15, 0.2) is 36.5 Å². The first-order chi connectivity index (χ1) is 11.7. The van der Waals surface area contributed by atoms with Crippen molar-refractivity contribution in [2.24, 2.45) is 0 Å². The molecule has 0 spiro atoms. The van der Waals surface area contributed by atoms with Crippen molar-refractivity contribution in [3.8, 4) is 0 Å². The van der Waals surface area contributed by atoms with E-state index in [0.717, 1.165) is 18.3 Å². The van der Waals surface area contributed by atoms with Crippen molar-refractivity contribution in [1.29, 1.82) is 0 Å². The molecule has 0 aliphatic rings. The minimum Gasteiger partial charge on any atom is -0.321 e. The molecule has 130 valence electrons. The number of hydrogen-bond acceptors (Lipinski definition) is 2. The summed E-state index contributed by atoms with van der Waals surface area (Å²) in [4.78, 5) is 16.6. The quantitative estimate of drug-likeness (QED) is 0.663. The van der Waals surface area contributed by atoms with Gasteiger partial charge in [0.1, 0.15) is 17.2 Å². The van der Waals surface area contributed by atoms with Crippen LogP contribution >= 0.6 is 11.6 Å². The molecule has 3 rings (SSSR count). The van der Waals surface area contributed by atoms with E-state index >= 15 is 0 Å². The largest absolute Gasteiger partial charge is 0.417 e. The summed E-state index contributed by atoms with van der Waals surface area (Å²) in [5.41, 5.74) is -0.470. The molecule has 0 saturated heterocycles.